The molecule has 8 nitrogen and oxygen atoms in total. The van der Waals surface area contributed by atoms with E-state index in [2.05, 4.69) is 20.9 Å². The molecule has 0 saturated heterocycles. The molecule has 0 unspecified atom stereocenters. The normalized spacial score (nSPS) is 10.7. The maximum Gasteiger partial charge on any atom is 0.291 e. The summed E-state index contributed by atoms with van der Waals surface area (Å²) >= 11 is 0. The minimum atomic E-state index is -0.314. The molecule has 8 heteroatoms. The summed E-state index contributed by atoms with van der Waals surface area (Å²) in [5, 5.41) is 13.6. The van der Waals surface area contributed by atoms with E-state index in [9.17, 15) is 9.59 Å². The molecule has 0 aliphatic rings. The number of rotatable bonds is 6. The van der Waals surface area contributed by atoms with Gasteiger partial charge in [-0.3, -0.25) is 9.59 Å². The van der Waals surface area contributed by atoms with Gasteiger partial charge in [0, 0.05) is 12.2 Å². The average molecular weight is 375 g/mol. The molecule has 0 aliphatic carbocycles. The molecular weight excluding hydrogens is 358 g/mol. The van der Waals surface area contributed by atoms with E-state index in [1.165, 1.54) is 6.26 Å². The van der Waals surface area contributed by atoms with Gasteiger partial charge in [-0.2, -0.15) is 0 Å². The fraction of sp³-hybridized carbons (Fsp3) is 0.100. The van der Waals surface area contributed by atoms with Crippen molar-refractivity contribution in [2.24, 2.45) is 0 Å². The molecule has 0 spiro atoms. The summed E-state index contributed by atoms with van der Waals surface area (Å²) in [4.78, 5) is 24.1. The maximum atomic E-state index is 12.2. The summed E-state index contributed by atoms with van der Waals surface area (Å²) in [5.74, 6) is -0.228. The minimum Gasteiger partial charge on any atom is -0.459 e. The fourth-order valence-electron chi connectivity index (χ4n) is 2.73. The van der Waals surface area contributed by atoms with E-state index < -0.39 is 0 Å². The first kappa shape index (κ1) is 17.5. The lowest BCUT2D eigenvalue weighted by molar-refractivity contribution is -0.121. The third-order valence-electron chi connectivity index (χ3n) is 4.16. The van der Waals surface area contributed by atoms with Crippen molar-refractivity contribution in [1.82, 2.24) is 20.3 Å². The second-order valence-electron chi connectivity index (χ2n) is 6.14. The number of amides is 2. The zero-order valence-electron chi connectivity index (χ0n) is 14.8. The number of furan rings is 1. The first-order valence-corrected chi connectivity index (χ1v) is 8.68. The van der Waals surface area contributed by atoms with Crippen LogP contribution in [0.25, 0.3) is 11.0 Å². The highest BCUT2D eigenvalue weighted by Gasteiger charge is 2.10. The number of benzene rings is 2. The third kappa shape index (κ3) is 3.90. The minimum absolute atomic E-state index is 0.0950. The van der Waals surface area contributed by atoms with Crippen molar-refractivity contribution in [3.05, 3.63) is 78.3 Å². The van der Waals surface area contributed by atoms with Crippen LogP contribution in [0.15, 0.2) is 71.3 Å². The molecule has 28 heavy (non-hydrogen) atoms. The number of aromatic nitrogens is 3. The highest BCUT2D eigenvalue weighted by molar-refractivity contribution is 6.02. The standard InChI is InChI=1S/C20H17N5O3/c26-19(13-25-17-5-2-1-4-16(17)23-24-25)21-12-14-7-9-15(10-8-14)22-20(27)18-6-3-11-28-18/h1-11H,12-13H2,(H,21,26)(H,22,27). The number of para-hydroxylation sites is 1. The number of carbonyl (C=O) groups is 2. The highest BCUT2D eigenvalue weighted by atomic mass is 16.3. The average Bonchev–Trinajstić information content (AvgIpc) is 3.38. The van der Waals surface area contributed by atoms with Gasteiger partial charge >= 0.3 is 0 Å². The summed E-state index contributed by atoms with van der Waals surface area (Å²) < 4.78 is 6.62. The van der Waals surface area contributed by atoms with Crippen LogP contribution in [0, 0.1) is 0 Å². The number of nitrogens with zero attached hydrogens (tertiary/aromatic N) is 3. The van der Waals surface area contributed by atoms with Gasteiger partial charge < -0.3 is 15.1 Å². The van der Waals surface area contributed by atoms with E-state index in [0.29, 0.717) is 12.2 Å². The first-order valence-electron chi connectivity index (χ1n) is 8.68. The van der Waals surface area contributed by atoms with Gasteiger partial charge in [-0.15, -0.1) is 5.10 Å². The van der Waals surface area contributed by atoms with Gasteiger partial charge in [0.05, 0.1) is 11.8 Å². The topological polar surface area (TPSA) is 102 Å². The van der Waals surface area contributed by atoms with Crippen LogP contribution in [0.1, 0.15) is 16.1 Å². The molecule has 0 radical (unpaired) electrons. The largest absolute Gasteiger partial charge is 0.459 e. The van der Waals surface area contributed by atoms with Crippen LogP contribution in [-0.2, 0) is 17.9 Å². The van der Waals surface area contributed by atoms with E-state index >= 15 is 0 Å². The summed E-state index contributed by atoms with van der Waals surface area (Å²) in [5.41, 5.74) is 3.12. The van der Waals surface area contributed by atoms with Gasteiger partial charge in [-0.05, 0) is 42.0 Å². The zero-order chi connectivity index (χ0) is 19.3. The Balaban J connectivity index is 1.31. The Bertz CT molecular complexity index is 1100. The molecule has 0 saturated carbocycles. The molecule has 4 aromatic rings. The van der Waals surface area contributed by atoms with Crippen molar-refractivity contribution in [1.29, 1.82) is 0 Å². The second-order valence-corrected chi connectivity index (χ2v) is 6.14. The molecule has 0 bridgehead atoms. The number of nitrogens with one attached hydrogen (secondary N) is 2. The Labute approximate surface area is 160 Å². The highest BCUT2D eigenvalue weighted by Crippen LogP contribution is 2.12. The van der Waals surface area contributed by atoms with E-state index in [0.717, 1.165) is 16.6 Å². The van der Waals surface area contributed by atoms with Gasteiger partial charge in [-0.25, -0.2) is 4.68 Å². The summed E-state index contributed by atoms with van der Waals surface area (Å²) in [6.07, 6.45) is 1.45. The Morgan fingerprint density at radius 2 is 1.82 bits per heavy atom. The number of hydrogen-bond donors (Lipinski definition) is 2. The van der Waals surface area contributed by atoms with Crippen LogP contribution >= 0.6 is 0 Å². The van der Waals surface area contributed by atoms with Crippen molar-refractivity contribution in [3.8, 4) is 0 Å². The Hall–Kier alpha value is -3.94. The summed E-state index contributed by atoms with van der Waals surface area (Å²) in [6.45, 7) is 0.468. The van der Waals surface area contributed by atoms with Crippen LogP contribution in [0.2, 0.25) is 0 Å². The van der Waals surface area contributed by atoms with Crippen molar-refractivity contribution >= 4 is 28.5 Å². The van der Waals surface area contributed by atoms with E-state index in [4.69, 9.17) is 4.42 Å². The molecule has 2 heterocycles. The lowest BCUT2D eigenvalue weighted by atomic mass is 10.2. The molecule has 2 N–H and O–H groups in total. The third-order valence-corrected chi connectivity index (χ3v) is 4.16. The molecule has 0 fully saturated rings. The molecule has 140 valence electrons. The number of hydrogen-bond acceptors (Lipinski definition) is 5. The predicted octanol–water partition coefficient (Wildman–Crippen LogP) is 2.59. The van der Waals surface area contributed by atoms with Crippen molar-refractivity contribution in [3.63, 3.8) is 0 Å². The Kier molecular flexibility index (Phi) is 4.83. The van der Waals surface area contributed by atoms with Gasteiger partial charge in [0.25, 0.3) is 5.91 Å². The molecular formula is C20H17N5O3. The predicted molar refractivity (Wildman–Crippen MR) is 102 cm³/mol. The zero-order valence-corrected chi connectivity index (χ0v) is 14.8. The Morgan fingerprint density at radius 1 is 1.00 bits per heavy atom. The Morgan fingerprint density at radius 3 is 2.61 bits per heavy atom. The first-order chi connectivity index (χ1) is 13.7. The second kappa shape index (κ2) is 7.75. The van der Waals surface area contributed by atoms with Crippen LogP contribution in [0.5, 0.6) is 0 Å². The van der Waals surface area contributed by atoms with Gasteiger partial charge in [0.1, 0.15) is 12.1 Å². The SMILES string of the molecule is O=C(Cn1nnc2ccccc21)NCc1ccc(NC(=O)c2ccco2)cc1. The van der Waals surface area contributed by atoms with Crippen molar-refractivity contribution < 1.29 is 14.0 Å². The van der Waals surface area contributed by atoms with E-state index in [1.807, 2.05) is 36.4 Å². The van der Waals surface area contributed by atoms with Crippen LogP contribution in [0.3, 0.4) is 0 Å². The van der Waals surface area contributed by atoms with Gasteiger partial charge in [-0.1, -0.05) is 29.5 Å². The smallest absolute Gasteiger partial charge is 0.291 e. The van der Waals surface area contributed by atoms with E-state index in [1.54, 1.807) is 28.9 Å². The molecule has 2 amide bonds. The van der Waals surface area contributed by atoms with Crippen molar-refractivity contribution in [2.45, 2.75) is 13.1 Å². The van der Waals surface area contributed by atoms with Crippen LogP contribution in [0.4, 0.5) is 5.69 Å². The quantitative estimate of drug-likeness (QED) is 0.539. The number of fused-ring (bicyclic) bond motifs is 1. The molecule has 0 atom stereocenters. The molecule has 2 aromatic carbocycles. The fourth-order valence-corrected chi connectivity index (χ4v) is 2.73. The van der Waals surface area contributed by atoms with E-state index in [-0.39, 0.29) is 24.1 Å². The summed E-state index contributed by atoms with van der Waals surface area (Å²) in [7, 11) is 0. The maximum absolute atomic E-state index is 12.2. The van der Waals surface area contributed by atoms with Gasteiger partial charge in [0.2, 0.25) is 5.91 Å². The number of carbonyl (C=O) groups excluding carboxylic acids is 2. The van der Waals surface area contributed by atoms with Crippen LogP contribution < -0.4 is 10.6 Å². The van der Waals surface area contributed by atoms with Crippen molar-refractivity contribution in [2.75, 3.05) is 5.32 Å². The molecule has 0 aliphatic heterocycles. The molecule has 2 aromatic heterocycles. The lowest BCUT2D eigenvalue weighted by Gasteiger charge is -2.07. The lowest BCUT2D eigenvalue weighted by Crippen LogP contribution is -2.27. The number of anilines is 1. The van der Waals surface area contributed by atoms with Crippen LogP contribution in [-0.4, -0.2) is 26.8 Å². The summed E-state index contributed by atoms with van der Waals surface area (Å²) in [6, 6.07) is 17.9. The molecule has 4 rings (SSSR count). The van der Waals surface area contributed by atoms with Gasteiger partial charge in [0.15, 0.2) is 5.76 Å². The monoisotopic (exact) mass is 375 g/mol.